The third kappa shape index (κ3) is 8.35. The number of carbonyl (C=O) groups excluding carboxylic acids is 1. The summed E-state index contributed by atoms with van der Waals surface area (Å²) in [5, 5.41) is 7.63. The minimum atomic E-state index is -0.720. The molecule has 0 aromatic rings. The van der Waals surface area contributed by atoms with E-state index in [1.165, 1.54) is 31.9 Å². The Labute approximate surface area is 78.3 Å². The van der Waals surface area contributed by atoms with E-state index < -0.39 is 5.97 Å². The van der Waals surface area contributed by atoms with Crippen molar-refractivity contribution in [2.75, 3.05) is 0 Å². The van der Waals surface area contributed by atoms with E-state index >= 15 is 0 Å². The minimum absolute atomic E-state index is 0.720. The Hall–Kier alpha value is -1.56. The SMILES string of the molecule is C1=CCCCC1.C=CC(=O)OC#N. The Morgan fingerprint density at radius 1 is 1.46 bits per heavy atom. The van der Waals surface area contributed by atoms with Gasteiger partial charge in [-0.15, -0.1) is 5.26 Å². The highest BCUT2D eigenvalue weighted by molar-refractivity contribution is 5.81. The van der Waals surface area contributed by atoms with E-state index in [4.69, 9.17) is 5.26 Å². The molecule has 0 fully saturated rings. The van der Waals surface area contributed by atoms with E-state index in [2.05, 4.69) is 23.5 Å². The number of nitriles is 1. The number of rotatable bonds is 1. The second kappa shape index (κ2) is 8.54. The molecule has 0 N–H and O–H groups in total. The highest BCUT2D eigenvalue weighted by Crippen LogP contribution is 2.07. The summed E-state index contributed by atoms with van der Waals surface area (Å²) in [6, 6.07) is 0. The molecule has 1 aliphatic carbocycles. The molecule has 0 aliphatic heterocycles. The van der Waals surface area contributed by atoms with Crippen LogP contribution >= 0.6 is 0 Å². The molecule has 0 saturated heterocycles. The van der Waals surface area contributed by atoms with Crippen molar-refractivity contribution in [2.45, 2.75) is 25.7 Å². The van der Waals surface area contributed by atoms with Gasteiger partial charge in [0.25, 0.3) is 6.26 Å². The molecule has 0 spiro atoms. The van der Waals surface area contributed by atoms with Crippen molar-refractivity contribution in [1.29, 1.82) is 5.26 Å². The number of carbonyl (C=O) groups is 1. The molecule has 0 aromatic carbocycles. The van der Waals surface area contributed by atoms with Crippen LogP contribution in [0.2, 0.25) is 0 Å². The summed E-state index contributed by atoms with van der Waals surface area (Å²) in [5.41, 5.74) is 0. The first-order valence-electron chi connectivity index (χ1n) is 4.18. The van der Waals surface area contributed by atoms with Gasteiger partial charge in [0, 0.05) is 6.08 Å². The topological polar surface area (TPSA) is 50.1 Å². The van der Waals surface area contributed by atoms with Crippen LogP contribution < -0.4 is 0 Å². The molecule has 0 aromatic heterocycles. The Morgan fingerprint density at radius 3 is 2.15 bits per heavy atom. The van der Waals surface area contributed by atoms with Crippen LogP contribution in [0, 0.1) is 11.5 Å². The van der Waals surface area contributed by atoms with Gasteiger partial charge in [-0.3, -0.25) is 0 Å². The fraction of sp³-hybridized carbons (Fsp3) is 0.400. The van der Waals surface area contributed by atoms with Gasteiger partial charge in [-0.2, -0.15) is 0 Å². The van der Waals surface area contributed by atoms with Crippen molar-refractivity contribution in [3.8, 4) is 6.26 Å². The monoisotopic (exact) mass is 179 g/mol. The van der Waals surface area contributed by atoms with Gasteiger partial charge >= 0.3 is 5.97 Å². The Balaban J connectivity index is 0.000000223. The van der Waals surface area contributed by atoms with Crippen LogP contribution in [0.4, 0.5) is 0 Å². The van der Waals surface area contributed by atoms with Gasteiger partial charge < -0.3 is 4.74 Å². The maximum Gasteiger partial charge on any atom is 0.345 e. The number of allylic oxidation sites excluding steroid dienone is 2. The molecule has 3 nitrogen and oxygen atoms in total. The Morgan fingerprint density at radius 2 is 2.00 bits per heavy atom. The molecule has 0 unspecified atom stereocenters. The largest absolute Gasteiger partial charge is 0.347 e. The van der Waals surface area contributed by atoms with Crippen LogP contribution in [0.5, 0.6) is 0 Å². The van der Waals surface area contributed by atoms with E-state index in [9.17, 15) is 4.79 Å². The molecule has 0 bridgehead atoms. The number of nitrogens with zero attached hydrogens (tertiary/aromatic N) is 1. The molecule has 13 heavy (non-hydrogen) atoms. The molecule has 0 radical (unpaired) electrons. The predicted octanol–water partition coefficient (Wildman–Crippen LogP) is 2.31. The van der Waals surface area contributed by atoms with Crippen LogP contribution in [0.25, 0.3) is 0 Å². The molecule has 0 heterocycles. The van der Waals surface area contributed by atoms with Crippen molar-refractivity contribution in [3.63, 3.8) is 0 Å². The van der Waals surface area contributed by atoms with E-state index in [0.717, 1.165) is 6.08 Å². The zero-order valence-electron chi connectivity index (χ0n) is 7.53. The lowest BCUT2D eigenvalue weighted by Gasteiger charge is -1.97. The summed E-state index contributed by atoms with van der Waals surface area (Å²) in [6.45, 7) is 3.05. The second-order valence-electron chi connectivity index (χ2n) is 2.47. The lowest BCUT2D eigenvalue weighted by molar-refractivity contribution is -0.131. The van der Waals surface area contributed by atoms with E-state index in [1.807, 2.05) is 0 Å². The molecule has 0 amide bonds. The third-order valence-corrected chi connectivity index (χ3v) is 1.47. The van der Waals surface area contributed by atoms with Gasteiger partial charge in [-0.05, 0) is 25.7 Å². The van der Waals surface area contributed by atoms with Crippen molar-refractivity contribution in [2.24, 2.45) is 0 Å². The van der Waals surface area contributed by atoms with Gasteiger partial charge in [-0.1, -0.05) is 18.7 Å². The van der Waals surface area contributed by atoms with Gasteiger partial charge in [0.15, 0.2) is 0 Å². The van der Waals surface area contributed by atoms with Crippen LogP contribution in [-0.4, -0.2) is 5.97 Å². The predicted molar refractivity (Wildman–Crippen MR) is 49.5 cm³/mol. The lowest BCUT2D eigenvalue weighted by Crippen LogP contribution is -1.91. The maximum absolute atomic E-state index is 9.85. The van der Waals surface area contributed by atoms with Crippen LogP contribution in [-0.2, 0) is 9.53 Å². The molecular weight excluding hydrogens is 166 g/mol. The van der Waals surface area contributed by atoms with Gasteiger partial charge in [0.05, 0.1) is 0 Å². The first-order valence-corrected chi connectivity index (χ1v) is 4.18. The lowest BCUT2D eigenvalue weighted by atomic mass is 10.1. The third-order valence-electron chi connectivity index (χ3n) is 1.47. The number of esters is 1. The Kier molecular flexibility index (Phi) is 7.51. The number of hydrogen-bond acceptors (Lipinski definition) is 3. The summed E-state index contributed by atoms with van der Waals surface area (Å²) in [4.78, 5) is 9.85. The zero-order chi connectivity index (χ0) is 9.94. The second-order valence-corrected chi connectivity index (χ2v) is 2.47. The quantitative estimate of drug-likeness (QED) is 0.268. The van der Waals surface area contributed by atoms with E-state index in [-0.39, 0.29) is 0 Å². The summed E-state index contributed by atoms with van der Waals surface area (Å²) in [7, 11) is 0. The smallest absolute Gasteiger partial charge is 0.345 e. The molecule has 3 heteroatoms. The Bertz CT molecular complexity index is 218. The van der Waals surface area contributed by atoms with Crippen molar-refractivity contribution in [3.05, 3.63) is 24.8 Å². The van der Waals surface area contributed by atoms with Crippen molar-refractivity contribution in [1.82, 2.24) is 0 Å². The first-order chi connectivity index (χ1) is 6.31. The highest BCUT2D eigenvalue weighted by atomic mass is 16.5. The molecular formula is C10H13NO2. The summed E-state index contributed by atoms with van der Waals surface area (Å²) in [6.07, 6.45) is 12.1. The van der Waals surface area contributed by atoms with Crippen LogP contribution in [0.1, 0.15) is 25.7 Å². The van der Waals surface area contributed by atoms with Gasteiger partial charge in [-0.25, -0.2) is 4.79 Å². The number of ether oxygens (including phenoxy) is 1. The van der Waals surface area contributed by atoms with Crippen LogP contribution in [0.3, 0.4) is 0 Å². The average Bonchev–Trinajstić information content (AvgIpc) is 2.22. The van der Waals surface area contributed by atoms with Gasteiger partial charge in [0.2, 0.25) is 0 Å². The fourth-order valence-corrected chi connectivity index (χ4v) is 0.847. The summed E-state index contributed by atoms with van der Waals surface area (Å²) in [5.74, 6) is -0.720. The molecule has 0 saturated carbocycles. The minimum Gasteiger partial charge on any atom is -0.347 e. The summed E-state index contributed by atoms with van der Waals surface area (Å²) >= 11 is 0. The van der Waals surface area contributed by atoms with Crippen LogP contribution in [0.15, 0.2) is 24.8 Å². The standard InChI is InChI=1S/C6H10.C4H3NO2/c1-2-4-6-5-3-1;1-2-4(6)7-3-5/h1-2H,3-6H2;2H,1H2. The zero-order valence-corrected chi connectivity index (χ0v) is 7.53. The summed E-state index contributed by atoms with van der Waals surface area (Å²) < 4.78 is 3.74. The van der Waals surface area contributed by atoms with Crippen molar-refractivity contribution >= 4 is 5.97 Å². The average molecular weight is 179 g/mol. The molecule has 0 atom stereocenters. The van der Waals surface area contributed by atoms with E-state index in [1.54, 1.807) is 0 Å². The van der Waals surface area contributed by atoms with E-state index in [0.29, 0.717) is 0 Å². The normalized spacial score (nSPS) is 13.2. The fourth-order valence-electron chi connectivity index (χ4n) is 0.847. The first kappa shape index (κ1) is 11.4. The highest BCUT2D eigenvalue weighted by Gasteiger charge is 1.88. The molecule has 1 rings (SSSR count). The van der Waals surface area contributed by atoms with Gasteiger partial charge in [0.1, 0.15) is 0 Å². The number of hydrogen-bond donors (Lipinski definition) is 0. The maximum atomic E-state index is 9.85. The van der Waals surface area contributed by atoms with Crippen molar-refractivity contribution < 1.29 is 9.53 Å². The molecule has 70 valence electrons. The molecule has 1 aliphatic rings.